The first kappa shape index (κ1) is 22.2. The number of halogens is 3. The van der Waals surface area contributed by atoms with Gasteiger partial charge in [0.2, 0.25) is 10.0 Å². The lowest BCUT2D eigenvalue weighted by atomic mass is 9.93. The maximum absolute atomic E-state index is 12.0. The van der Waals surface area contributed by atoms with Gasteiger partial charge in [0.05, 0.1) is 15.6 Å². The smallest absolute Gasteiger partial charge is 0.302 e. The molecule has 10 heteroatoms. The lowest BCUT2D eigenvalue weighted by Gasteiger charge is -2.16. The van der Waals surface area contributed by atoms with Gasteiger partial charge in [0.1, 0.15) is 10.4 Å². The Hall–Kier alpha value is -1.51. The highest BCUT2D eigenvalue weighted by Crippen LogP contribution is 2.40. The van der Waals surface area contributed by atoms with Crippen LogP contribution in [0.2, 0.25) is 15.1 Å². The van der Waals surface area contributed by atoms with Gasteiger partial charge in [-0.1, -0.05) is 54.7 Å². The quantitative estimate of drug-likeness (QED) is 0.481. The largest absolute Gasteiger partial charge is 0.422 e. The van der Waals surface area contributed by atoms with Crippen LogP contribution in [0.1, 0.15) is 38.2 Å². The van der Waals surface area contributed by atoms with Gasteiger partial charge in [-0.2, -0.15) is 4.98 Å². The van der Waals surface area contributed by atoms with E-state index in [2.05, 4.69) is 18.8 Å². The molecule has 29 heavy (non-hydrogen) atoms. The normalized spacial score (nSPS) is 12.1. The standard InChI is InChI=1S/C19H20Cl3N3O3S/c1-4-10(5-2)12-6-7-13(21)16-17(12)25(3)19(24-16)28-18-14(22)8-11(20)9-15(18)29(23,26)27/h6-10H,4-5H2,1-3H3,(H2,23,26,27). The molecule has 0 atom stereocenters. The summed E-state index contributed by atoms with van der Waals surface area (Å²) in [6.45, 7) is 4.24. The molecular weight excluding hydrogens is 457 g/mol. The fraction of sp³-hybridized carbons (Fsp3) is 0.316. The fourth-order valence-electron chi connectivity index (χ4n) is 3.38. The number of aromatic nitrogens is 2. The fourth-order valence-corrected chi connectivity index (χ4v) is 4.93. The van der Waals surface area contributed by atoms with Crippen molar-refractivity contribution >= 4 is 55.9 Å². The van der Waals surface area contributed by atoms with E-state index in [0.29, 0.717) is 16.5 Å². The second-order valence-corrected chi connectivity index (χ2v) is 9.44. The number of hydrogen-bond donors (Lipinski definition) is 1. The summed E-state index contributed by atoms with van der Waals surface area (Å²) < 4.78 is 31.6. The lowest BCUT2D eigenvalue weighted by Crippen LogP contribution is -2.14. The van der Waals surface area contributed by atoms with Crippen molar-refractivity contribution in [3.05, 3.63) is 44.9 Å². The van der Waals surface area contributed by atoms with Crippen molar-refractivity contribution in [3.63, 3.8) is 0 Å². The predicted molar refractivity (Wildman–Crippen MR) is 117 cm³/mol. The first-order valence-corrected chi connectivity index (χ1v) is 11.6. The zero-order valence-corrected chi connectivity index (χ0v) is 19.1. The van der Waals surface area contributed by atoms with Crippen LogP contribution in [0.15, 0.2) is 29.2 Å². The van der Waals surface area contributed by atoms with Crippen molar-refractivity contribution in [1.82, 2.24) is 9.55 Å². The molecule has 0 amide bonds. The Morgan fingerprint density at radius 3 is 2.38 bits per heavy atom. The van der Waals surface area contributed by atoms with E-state index in [1.807, 2.05) is 6.07 Å². The third-order valence-electron chi connectivity index (χ3n) is 4.86. The summed E-state index contributed by atoms with van der Waals surface area (Å²) in [4.78, 5) is 4.16. The summed E-state index contributed by atoms with van der Waals surface area (Å²) in [5.74, 6) is 0.175. The molecule has 3 aromatic rings. The maximum Gasteiger partial charge on any atom is 0.302 e. The van der Waals surface area contributed by atoms with Crippen LogP contribution in [0.3, 0.4) is 0 Å². The van der Waals surface area contributed by atoms with E-state index in [1.54, 1.807) is 17.7 Å². The average Bonchev–Trinajstić information content (AvgIpc) is 2.96. The Bertz CT molecular complexity index is 1190. The summed E-state index contributed by atoms with van der Waals surface area (Å²) in [5, 5.41) is 5.90. The summed E-state index contributed by atoms with van der Waals surface area (Å²) in [5.41, 5.74) is 2.48. The van der Waals surface area contributed by atoms with Crippen LogP contribution in [-0.4, -0.2) is 18.0 Å². The van der Waals surface area contributed by atoms with Gasteiger partial charge in [-0.25, -0.2) is 13.6 Å². The monoisotopic (exact) mass is 475 g/mol. The number of ether oxygens (including phenoxy) is 1. The zero-order valence-electron chi connectivity index (χ0n) is 16.0. The number of primary sulfonamides is 1. The molecule has 2 N–H and O–H groups in total. The number of nitrogens with zero attached hydrogens (tertiary/aromatic N) is 2. The first-order chi connectivity index (χ1) is 13.6. The van der Waals surface area contributed by atoms with Crippen LogP contribution in [0.25, 0.3) is 11.0 Å². The number of fused-ring (bicyclic) bond motifs is 1. The van der Waals surface area contributed by atoms with Crippen LogP contribution in [-0.2, 0) is 17.1 Å². The number of benzene rings is 2. The van der Waals surface area contributed by atoms with Crippen molar-refractivity contribution in [2.75, 3.05) is 0 Å². The van der Waals surface area contributed by atoms with Gasteiger partial charge in [-0.3, -0.25) is 4.57 Å². The third-order valence-corrected chi connectivity index (χ3v) is 6.58. The second kappa shape index (κ2) is 8.32. The molecule has 6 nitrogen and oxygen atoms in total. The van der Waals surface area contributed by atoms with Crippen LogP contribution in [0.5, 0.6) is 11.8 Å². The van der Waals surface area contributed by atoms with Crippen LogP contribution < -0.4 is 9.88 Å². The molecule has 0 spiro atoms. The van der Waals surface area contributed by atoms with Crippen molar-refractivity contribution in [3.8, 4) is 11.8 Å². The Kier molecular flexibility index (Phi) is 6.36. The van der Waals surface area contributed by atoms with Gasteiger partial charge >= 0.3 is 6.01 Å². The highest BCUT2D eigenvalue weighted by Gasteiger charge is 2.24. The molecule has 1 aromatic heterocycles. The van der Waals surface area contributed by atoms with Gasteiger partial charge in [-0.15, -0.1) is 0 Å². The molecule has 3 rings (SSSR count). The minimum Gasteiger partial charge on any atom is -0.422 e. The van der Waals surface area contributed by atoms with Crippen molar-refractivity contribution in [1.29, 1.82) is 0 Å². The SMILES string of the molecule is CCC(CC)c1ccc(Cl)c2nc(Oc3c(Cl)cc(Cl)cc3S(N)(=O)=O)n(C)c12. The van der Waals surface area contributed by atoms with E-state index in [4.69, 9.17) is 44.7 Å². The minimum absolute atomic E-state index is 0.0000977. The number of rotatable bonds is 6. The van der Waals surface area contributed by atoms with E-state index >= 15 is 0 Å². The number of aryl methyl sites for hydroxylation is 1. The lowest BCUT2D eigenvalue weighted by molar-refractivity contribution is 0.416. The summed E-state index contributed by atoms with van der Waals surface area (Å²) in [6, 6.07) is 6.48. The molecule has 0 saturated carbocycles. The van der Waals surface area contributed by atoms with Crippen molar-refractivity contribution in [2.45, 2.75) is 37.5 Å². The molecule has 0 fully saturated rings. The number of hydrogen-bond acceptors (Lipinski definition) is 4. The van der Waals surface area contributed by atoms with E-state index < -0.39 is 10.0 Å². The van der Waals surface area contributed by atoms with E-state index in [0.717, 1.165) is 23.9 Å². The van der Waals surface area contributed by atoms with E-state index in [1.165, 1.54) is 12.1 Å². The Morgan fingerprint density at radius 1 is 1.14 bits per heavy atom. The number of nitrogens with two attached hydrogens (primary N) is 1. The molecule has 0 unspecified atom stereocenters. The zero-order chi connectivity index (χ0) is 21.5. The third kappa shape index (κ3) is 4.20. The molecule has 0 saturated heterocycles. The molecule has 0 aliphatic carbocycles. The molecule has 0 radical (unpaired) electrons. The number of sulfonamides is 1. The van der Waals surface area contributed by atoms with Gasteiger partial charge in [0.25, 0.3) is 0 Å². The van der Waals surface area contributed by atoms with Crippen molar-refractivity contribution < 1.29 is 13.2 Å². The van der Waals surface area contributed by atoms with Gasteiger partial charge < -0.3 is 4.74 Å². The molecule has 1 heterocycles. The van der Waals surface area contributed by atoms with Crippen LogP contribution in [0.4, 0.5) is 0 Å². The van der Waals surface area contributed by atoms with Gasteiger partial charge in [0.15, 0.2) is 5.75 Å². The predicted octanol–water partition coefficient (Wildman–Crippen LogP) is 5.88. The molecule has 0 bridgehead atoms. The van der Waals surface area contributed by atoms with E-state index in [-0.39, 0.29) is 26.7 Å². The topological polar surface area (TPSA) is 87.2 Å². The average molecular weight is 477 g/mol. The van der Waals surface area contributed by atoms with Gasteiger partial charge in [-0.05, 0) is 42.5 Å². The van der Waals surface area contributed by atoms with Crippen molar-refractivity contribution in [2.24, 2.45) is 12.2 Å². The maximum atomic E-state index is 12.0. The molecule has 156 valence electrons. The Balaban J connectivity index is 2.23. The Morgan fingerprint density at radius 2 is 1.79 bits per heavy atom. The summed E-state index contributed by atoms with van der Waals surface area (Å²) in [6.07, 6.45) is 1.90. The number of imidazole rings is 1. The van der Waals surface area contributed by atoms with Gasteiger partial charge in [0, 0.05) is 12.1 Å². The first-order valence-electron chi connectivity index (χ1n) is 8.92. The molecule has 0 aliphatic heterocycles. The van der Waals surface area contributed by atoms with E-state index in [9.17, 15) is 8.42 Å². The molecular formula is C19H20Cl3N3O3S. The highest BCUT2D eigenvalue weighted by atomic mass is 35.5. The molecule has 0 aliphatic rings. The second-order valence-electron chi connectivity index (χ2n) is 6.66. The summed E-state index contributed by atoms with van der Waals surface area (Å²) >= 11 is 18.5. The highest BCUT2D eigenvalue weighted by molar-refractivity contribution is 7.89. The minimum atomic E-state index is -4.14. The summed E-state index contributed by atoms with van der Waals surface area (Å²) in [7, 11) is -2.37. The Labute approximate surface area is 184 Å². The molecule has 2 aromatic carbocycles. The van der Waals surface area contributed by atoms with Crippen LogP contribution >= 0.6 is 34.8 Å². The van der Waals surface area contributed by atoms with Crippen LogP contribution in [0, 0.1) is 0 Å².